The number of halogens is 1. The van der Waals surface area contributed by atoms with Crippen molar-refractivity contribution in [1.29, 1.82) is 0 Å². The molecule has 0 saturated heterocycles. The Morgan fingerprint density at radius 1 is 1.04 bits per heavy atom. The second-order valence-corrected chi connectivity index (χ2v) is 7.11. The number of hydrogen-bond acceptors (Lipinski definition) is 6. The molecule has 1 aromatic heterocycles. The molecule has 1 heterocycles. The summed E-state index contributed by atoms with van der Waals surface area (Å²) in [7, 11) is -3.75. The Bertz CT molecular complexity index is 1030. The number of benzene rings is 2. The van der Waals surface area contributed by atoms with E-state index in [1.54, 1.807) is 13.8 Å². The normalized spacial score (nSPS) is 11.7. The van der Waals surface area contributed by atoms with Gasteiger partial charge in [0.15, 0.2) is 5.43 Å². The molecule has 0 amide bonds. The molecule has 0 radical (unpaired) electrons. The van der Waals surface area contributed by atoms with E-state index in [0.29, 0.717) is 16.5 Å². The molecule has 8 heteroatoms. The summed E-state index contributed by atoms with van der Waals surface area (Å²) < 4.78 is 46.6. The smallest absolute Gasteiger partial charge is 0.463 e. The van der Waals surface area contributed by atoms with Crippen LogP contribution in [-0.2, 0) is 13.6 Å². The van der Waals surface area contributed by atoms with E-state index in [0.717, 1.165) is 0 Å². The summed E-state index contributed by atoms with van der Waals surface area (Å²) in [5.41, 5.74) is 0.838. The highest BCUT2D eigenvalue weighted by molar-refractivity contribution is 7.48. The van der Waals surface area contributed by atoms with E-state index >= 15 is 0 Å². The SMILES string of the molecule is CCOP(=O)(OCC)Oc1ccc2c(=O)c(-c3ccc(F)cc3)coc2c1. The predicted octanol–water partition coefficient (Wildman–Crippen LogP) is 5.16. The van der Waals surface area contributed by atoms with E-state index in [1.165, 1.54) is 48.7 Å². The highest BCUT2D eigenvalue weighted by atomic mass is 31.2. The van der Waals surface area contributed by atoms with Crippen molar-refractivity contribution in [3.05, 3.63) is 64.8 Å². The van der Waals surface area contributed by atoms with Crippen LogP contribution in [-0.4, -0.2) is 13.2 Å². The van der Waals surface area contributed by atoms with Crippen LogP contribution in [0, 0.1) is 5.82 Å². The number of phosphoric acid groups is 1. The third-order valence-corrected chi connectivity index (χ3v) is 5.28. The number of fused-ring (bicyclic) bond motifs is 1. The first-order chi connectivity index (χ1) is 13.0. The molecule has 0 atom stereocenters. The predicted molar refractivity (Wildman–Crippen MR) is 99.4 cm³/mol. The maximum Gasteiger partial charge on any atom is 0.530 e. The van der Waals surface area contributed by atoms with Crippen molar-refractivity contribution in [2.45, 2.75) is 13.8 Å². The fourth-order valence-electron chi connectivity index (χ4n) is 2.53. The quantitative estimate of drug-likeness (QED) is 0.517. The zero-order valence-corrected chi connectivity index (χ0v) is 15.7. The zero-order chi connectivity index (χ0) is 19.4. The van der Waals surface area contributed by atoms with E-state index in [1.807, 2.05) is 0 Å². The molecule has 27 heavy (non-hydrogen) atoms. The Kier molecular flexibility index (Phi) is 5.75. The van der Waals surface area contributed by atoms with Crippen LogP contribution < -0.4 is 9.95 Å². The Labute approximate surface area is 155 Å². The lowest BCUT2D eigenvalue weighted by Gasteiger charge is -2.17. The highest BCUT2D eigenvalue weighted by Crippen LogP contribution is 2.49. The van der Waals surface area contributed by atoms with Gasteiger partial charge in [0.1, 0.15) is 23.4 Å². The molecule has 142 valence electrons. The molecule has 0 N–H and O–H groups in total. The average molecular weight is 392 g/mol. The van der Waals surface area contributed by atoms with Crippen molar-refractivity contribution >= 4 is 18.8 Å². The highest BCUT2D eigenvalue weighted by Gasteiger charge is 2.27. The van der Waals surface area contributed by atoms with Crippen LogP contribution in [0.25, 0.3) is 22.1 Å². The third-order valence-electron chi connectivity index (χ3n) is 3.69. The van der Waals surface area contributed by atoms with Crippen LogP contribution in [0.4, 0.5) is 4.39 Å². The van der Waals surface area contributed by atoms with Crippen molar-refractivity contribution in [1.82, 2.24) is 0 Å². The van der Waals surface area contributed by atoms with Crippen LogP contribution in [0.2, 0.25) is 0 Å². The standard InChI is InChI=1S/C19H18FO6P/c1-3-24-27(22,25-4-2)26-15-9-10-16-18(11-15)23-12-17(19(16)21)13-5-7-14(20)8-6-13/h5-12H,3-4H2,1-2H3. The first kappa shape index (κ1) is 19.3. The van der Waals surface area contributed by atoms with Gasteiger partial charge in [0.2, 0.25) is 0 Å². The number of phosphoric ester groups is 1. The fraction of sp³-hybridized carbons (Fsp3) is 0.211. The maximum atomic E-state index is 13.1. The molecule has 0 saturated carbocycles. The molecule has 0 aliphatic rings. The maximum absolute atomic E-state index is 13.1. The van der Waals surface area contributed by atoms with Crippen LogP contribution >= 0.6 is 7.82 Å². The van der Waals surface area contributed by atoms with E-state index in [2.05, 4.69) is 0 Å². The van der Waals surface area contributed by atoms with Gasteiger partial charge in [0.05, 0.1) is 24.2 Å². The van der Waals surface area contributed by atoms with Crippen LogP contribution in [0.1, 0.15) is 13.8 Å². The molecule has 0 spiro atoms. The monoisotopic (exact) mass is 392 g/mol. The van der Waals surface area contributed by atoms with Crippen LogP contribution in [0.15, 0.2) is 57.9 Å². The second-order valence-electron chi connectivity index (χ2n) is 5.52. The van der Waals surface area contributed by atoms with E-state index < -0.39 is 13.6 Å². The summed E-state index contributed by atoms with van der Waals surface area (Å²) in [6, 6.07) is 9.99. The summed E-state index contributed by atoms with van der Waals surface area (Å²) >= 11 is 0. The Morgan fingerprint density at radius 3 is 2.33 bits per heavy atom. The average Bonchev–Trinajstić information content (AvgIpc) is 2.63. The van der Waals surface area contributed by atoms with E-state index in [4.69, 9.17) is 18.0 Å². The first-order valence-electron chi connectivity index (χ1n) is 8.36. The molecular formula is C19H18FO6P. The molecule has 2 aromatic carbocycles. The zero-order valence-electron chi connectivity index (χ0n) is 14.8. The minimum absolute atomic E-state index is 0.154. The van der Waals surface area contributed by atoms with E-state index in [9.17, 15) is 13.8 Å². The summed E-state index contributed by atoms with van der Waals surface area (Å²) in [5, 5.41) is 0.312. The van der Waals surface area contributed by atoms with Gasteiger partial charge in [-0.25, -0.2) is 8.96 Å². The second kappa shape index (κ2) is 8.05. The molecule has 3 aromatic rings. The van der Waals surface area contributed by atoms with Gasteiger partial charge in [-0.2, -0.15) is 0 Å². The fourth-order valence-corrected chi connectivity index (χ4v) is 3.71. The lowest BCUT2D eigenvalue weighted by Crippen LogP contribution is -2.05. The van der Waals surface area contributed by atoms with Gasteiger partial charge in [-0.15, -0.1) is 0 Å². The summed E-state index contributed by atoms with van der Waals surface area (Å²) in [5.74, 6) is -0.204. The van der Waals surface area contributed by atoms with Crippen LogP contribution in [0.5, 0.6) is 5.75 Å². The Hall–Kier alpha value is -2.47. The summed E-state index contributed by atoms with van der Waals surface area (Å²) in [6.07, 6.45) is 1.30. The minimum Gasteiger partial charge on any atom is -0.463 e. The molecule has 3 rings (SSSR count). The van der Waals surface area contributed by atoms with Gasteiger partial charge in [-0.05, 0) is 43.7 Å². The molecular weight excluding hydrogens is 374 g/mol. The van der Waals surface area contributed by atoms with Crippen molar-refractivity contribution < 1.29 is 26.9 Å². The lowest BCUT2D eigenvalue weighted by molar-refractivity contribution is 0.167. The first-order valence-corrected chi connectivity index (χ1v) is 9.82. The third kappa shape index (κ3) is 4.27. The lowest BCUT2D eigenvalue weighted by atomic mass is 10.1. The van der Waals surface area contributed by atoms with Crippen LogP contribution in [0.3, 0.4) is 0 Å². The van der Waals surface area contributed by atoms with Gasteiger partial charge in [0.25, 0.3) is 0 Å². The minimum atomic E-state index is -3.75. The van der Waals surface area contributed by atoms with E-state index in [-0.39, 0.29) is 30.0 Å². The molecule has 0 aliphatic heterocycles. The largest absolute Gasteiger partial charge is 0.530 e. The molecule has 0 aliphatic carbocycles. The Balaban J connectivity index is 1.97. The van der Waals surface area contributed by atoms with Crippen molar-refractivity contribution in [2.24, 2.45) is 0 Å². The van der Waals surface area contributed by atoms with Crippen molar-refractivity contribution in [3.8, 4) is 16.9 Å². The summed E-state index contributed by atoms with van der Waals surface area (Å²) in [6.45, 7) is 3.65. The van der Waals surface area contributed by atoms with Gasteiger partial charge < -0.3 is 8.94 Å². The molecule has 6 nitrogen and oxygen atoms in total. The van der Waals surface area contributed by atoms with Gasteiger partial charge in [-0.3, -0.25) is 13.8 Å². The number of rotatable bonds is 7. The molecule has 0 bridgehead atoms. The van der Waals surface area contributed by atoms with Crippen molar-refractivity contribution in [3.63, 3.8) is 0 Å². The topological polar surface area (TPSA) is 75.0 Å². The van der Waals surface area contributed by atoms with Gasteiger partial charge in [-0.1, -0.05) is 12.1 Å². The van der Waals surface area contributed by atoms with Gasteiger partial charge in [0, 0.05) is 6.07 Å². The number of hydrogen-bond donors (Lipinski definition) is 0. The van der Waals surface area contributed by atoms with Crippen molar-refractivity contribution in [2.75, 3.05) is 13.2 Å². The molecule has 0 unspecified atom stereocenters. The Morgan fingerprint density at radius 2 is 1.70 bits per heavy atom. The van der Waals surface area contributed by atoms with Gasteiger partial charge >= 0.3 is 7.82 Å². The molecule has 0 fully saturated rings. The summed E-state index contributed by atoms with van der Waals surface area (Å²) in [4.78, 5) is 12.7.